The van der Waals surface area contributed by atoms with Gasteiger partial charge in [-0.05, 0) is 43.2 Å². The molecule has 1 saturated heterocycles. The van der Waals surface area contributed by atoms with Gasteiger partial charge in [-0.3, -0.25) is 14.9 Å². The zero-order chi connectivity index (χ0) is 29.4. The summed E-state index contributed by atoms with van der Waals surface area (Å²) in [4.78, 5) is 30.9. The summed E-state index contributed by atoms with van der Waals surface area (Å²) in [6.07, 6.45) is -0.0629. The van der Waals surface area contributed by atoms with Crippen molar-refractivity contribution in [2.24, 2.45) is 0 Å². The molecule has 1 fully saturated rings. The van der Waals surface area contributed by atoms with Crippen molar-refractivity contribution in [2.45, 2.75) is 38.8 Å². The number of aliphatic hydroxyl groups is 1. The maximum atomic E-state index is 13.9. The molecular formula is C28H34F2N6O5. The molecule has 1 aliphatic rings. The van der Waals surface area contributed by atoms with Crippen LogP contribution in [0.1, 0.15) is 37.0 Å². The molecule has 11 nitrogen and oxygen atoms in total. The van der Waals surface area contributed by atoms with Crippen LogP contribution in [0.3, 0.4) is 0 Å². The van der Waals surface area contributed by atoms with Crippen LogP contribution in [0.25, 0.3) is 5.69 Å². The van der Waals surface area contributed by atoms with E-state index in [1.165, 1.54) is 6.07 Å². The zero-order valence-electron chi connectivity index (χ0n) is 22.9. The number of urea groups is 1. The minimum Gasteiger partial charge on any atom is -0.476 e. The molecule has 0 bridgehead atoms. The Labute approximate surface area is 236 Å². The van der Waals surface area contributed by atoms with Crippen molar-refractivity contribution in [3.05, 3.63) is 71.3 Å². The first-order chi connectivity index (χ1) is 19.8. The molecule has 2 atom stereocenters. The standard InChI is InChI=1S/C28H34F2N6O5/c1-3-35-17-23(25(41-35)19-11-12-21(29)22(30)16-19)32-28(39)33-26-18(2)27(34-36(26)20-8-5-4-6-9-20)40-15-7-10-24(38)31-13-14-37/h4-6,8-9,11-12,16,23,25,37H,3,7,10,13-15,17H2,1-2H3,(H,31,38)(H2,32,33,39)/t23-,25+/m1/s1. The second-order valence-electron chi connectivity index (χ2n) is 9.44. The fraction of sp³-hybridized carbons (Fsp3) is 0.393. The highest BCUT2D eigenvalue weighted by molar-refractivity contribution is 5.90. The Morgan fingerprint density at radius 1 is 1.17 bits per heavy atom. The average Bonchev–Trinajstić information content (AvgIpc) is 3.52. The molecule has 1 aliphatic heterocycles. The Morgan fingerprint density at radius 3 is 2.66 bits per heavy atom. The molecule has 2 aromatic carbocycles. The second-order valence-corrected chi connectivity index (χ2v) is 9.44. The highest BCUT2D eigenvalue weighted by atomic mass is 19.2. The topological polar surface area (TPSA) is 130 Å². The van der Waals surface area contributed by atoms with Crippen LogP contribution in [0.15, 0.2) is 48.5 Å². The summed E-state index contributed by atoms with van der Waals surface area (Å²) in [7, 11) is 0. The van der Waals surface area contributed by atoms with Gasteiger partial charge < -0.3 is 20.5 Å². The van der Waals surface area contributed by atoms with Gasteiger partial charge in [-0.2, -0.15) is 5.06 Å². The minimum atomic E-state index is -0.995. The van der Waals surface area contributed by atoms with Gasteiger partial charge in [-0.1, -0.05) is 31.2 Å². The van der Waals surface area contributed by atoms with Crippen molar-refractivity contribution in [1.82, 2.24) is 25.5 Å². The lowest BCUT2D eigenvalue weighted by atomic mass is 10.0. The zero-order valence-corrected chi connectivity index (χ0v) is 22.9. The predicted octanol–water partition coefficient (Wildman–Crippen LogP) is 3.22. The van der Waals surface area contributed by atoms with Crippen LogP contribution in [0.5, 0.6) is 5.88 Å². The first kappa shape index (κ1) is 29.9. The summed E-state index contributed by atoms with van der Waals surface area (Å²) in [5.74, 6) is -1.48. The van der Waals surface area contributed by atoms with Crippen molar-refractivity contribution in [3.63, 3.8) is 0 Å². The van der Waals surface area contributed by atoms with Gasteiger partial charge >= 0.3 is 6.03 Å². The number of hydroxylamine groups is 2. The Morgan fingerprint density at radius 2 is 1.95 bits per heavy atom. The van der Waals surface area contributed by atoms with Crippen LogP contribution < -0.4 is 20.7 Å². The quantitative estimate of drug-likeness (QED) is 0.245. The van der Waals surface area contributed by atoms with Crippen molar-refractivity contribution in [3.8, 4) is 11.6 Å². The van der Waals surface area contributed by atoms with Gasteiger partial charge in [0.25, 0.3) is 0 Å². The Hall–Kier alpha value is -4.07. The summed E-state index contributed by atoms with van der Waals surface area (Å²) in [5.41, 5.74) is 1.66. The molecule has 2 heterocycles. The Bertz CT molecular complexity index is 1340. The molecule has 4 rings (SSSR count). The van der Waals surface area contributed by atoms with E-state index >= 15 is 0 Å². The maximum Gasteiger partial charge on any atom is 0.320 e. The third-order valence-corrected chi connectivity index (χ3v) is 6.50. The minimum absolute atomic E-state index is 0.127. The van der Waals surface area contributed by atoms with Crippen molar-refractivity contribution in [1.29, 1.82) is 0 Å². The third-order valence-electron chi connectivity index (χ3n) is 6.50. The van der Waals surface area contributed by atoms with Crippen molar-refractivity contribution < 1.29 is 33.1 Å². The average molecular weight is 573 g/mol. The molecule has 220 valence electrons. The lowest BCUT2D eigenvalue weighted by Gasteiger charge is -2.19. The molecule has 13 heteroatoms. The summed E-state index contributed by atoms with van der Waals surface area (Å²) >= 11 is 0. The lowest BCUT2D eigenvalue weighted by Crippen LogP contribution is -2.42. The fourth-order valence-corrected chi connectivity index (χ4v) is 4.41. The van der Waals surface area contributed by atoms with Gasteiger partial charge in [-0.25, -0.2) is 18.3 Å². The SMILES string of the molecule is CCN1C[C@@H](NC(=O)Nc2c(C)c(OCCCC(=O)NCCO)nn2-c2ccccc2)[C@H](c2ccc(F)c(F)c2)O1. The number of anilines is 1. The molecule has 1 aromatic heterocycles. The third kappa shape index (κ3) is 7.57. The van der Waals surface area contributed by atoms with Crippen molar-refractivity contribution in [2.75, 3.05) is 38.2 Å². The number of aromatic nitrogens is 2. The number of likely N-dealkylation sites (N-methyl/N-ethyl adjacent to an activating group) is 1. The molecule has 3 amide bonds. The molecule has 0 spiro atoms. The monoisotopic (exact) mass is 572 g/mol. The summed E-state index contributed by atoms with van der Waals surface area (Å²) in [6, 6.07) is 11.6. The Kier molecular flexibility index (Phi) is 10.2. The number of benzene rings is 2. The molecular weight excluding hydrogens is 538 g/mol. The van der Waals surface area contributed by atoms with Gasteiger partial charge in [0.1, 0.15) is 11.9 Å². The summed E-state index contributed by atoms with van der Waals surface area (Å²) < 4.78 is 34.9. The van der Waals surface area contributed by atoms with Crippen LogP contribution in [-0.4, -0.2) is 70.8 Å². The Balaban J connectivity index is 1.48. The molecule has 4 N–H and O–H groups in total. The van der Waals surface area contributed by atoms with Gasteiger partial charge in [0, 0.05) is 26.1 Å². The number of aliphatic hydroxyl groups excluding tert-OH is 1. The van der Waals surface area contributed by atoms with E-state index in [-0.39, 0.29) is 32.1 Å². The number of rotatable bonds is 12. The predicted molar refractivity (Wildman–Crippen MR) is 146 cm³/mol. The number of carbonyl (C=O) groups is 2. The van der Waals surface area contributed by atoms with Crippen molar-refractivity contribution >= 4 is 17.8 Å². The first-order valence-electron chi connectivity index (χ1n) is 13.4. The van der Waals surface area contributed by atoms with Crippen LogP contribution in [-0.2, 0) is 9.63 Å². The van der Waals surface area contributed by atoms with Crippen LogP contribution in [0.2, 0.25) is 0 Å². The van der Waals surface area contributed by atoms with E-state index < -0.39 is 29.8 Å². The molecule has 3 aromatic rings. The van der Waals surface area contributed by atoms with Gasteiger partial charge in [0.2, 0.25) is 11.8 Å². The van der Waals surface area contributed by atoms with E-state index in [1.54, 1.807) is 16.7 Å². The largest absolute Gasteiger partial charge is 0.476 e. The van der Waals surface area contributed by atoms with E-state index in [9.17, 15) is 18.4 Å². The van der Waals surface area contributed by atoms with Gasteiger partial charge in [0.15, 0.2) is 11.6 Å². The highest BCUT2D eigenvalue weighted by Gasteiger charge is 2.36. The molecule has 0 radical (unpaired) electrons. The number of nitrogens with zero attached hydrogens (tertiary/aromatic N) is 3. The maximum absolute atomic E-state index is 13.9. The second kappa shape index (κ2) is 14.0. The van der Waals surface area contributed by atoms with Crippen LogP contribution in [0.4, 0.5) is 19.4 Å². The molecule has 0 unspecified atom stereocenters. The van der Waals surface area contributed by atoms with E-state index in [4.69, 9.17) is 14.7 Å². The lowest BCUT2D eigenvalue weighted by molar-refractivity contribution is -0.144. The number of amides is 3. The highest BCUT2D eigenvalue weighted by Crippen LogP contribution is 2.31. The molecule has 0 saturated carbocycles. The van der Waals surface area contributed by atoms with Crippen LogP contribution in [0, 0.1) is 18.6 Å². The number of hydrogen-bond donors (Lipinski definition) is 4. The number of hydrogen-bond acceptors (Lipinski definition) is 7. The number of para-hydroxylation sites is 1. The van der Waals surface area contributed by atoms with E-state index in [1.807, 2.05) is 37.3 Å². The molecule has 0 aliphatic carbocycles. The normalized spacial score (nSPS) is 16.9. The van der Waals surface area contributed by atoms with Crippen LogP contribution >= 0.6 is 0 Å². The number of halogens is 2. The number of carbonyl (C=O) groups excluding carboxylic acids is 2. The summed E-state index contributed by atoms with van der Waals surface area (Å²) in [6.45, 7) is 4.80. The van der Waals surface area contributed by atoms with E-state index in [2.05, 4.69) is 21.0 Å². The number of nitrogens with one attached hydrogen (secondary N) is 3. The van der Waals surface area contributed by atoms with E-state index in [0.29, 0.717) is 48.0 Å². The fourth-order valence-electron chi connectivity index (χ4n) is 4.41. The summed E-state index contributed by atoms with van der Waals surface area (Å²) in [5, 5.41) is 23.3. The van der Waals surface area contributed by atoms with Gasteiger partial charge in [-0.15, -0.1) is 5.10 Å². The first-order valence-corrected chi connectivity index (χ1v) is 13.4. The van der Waals surface area contributed by atoms with Gasteiger partial charge in [0.05, 0.1) is 30.5 Å². The van der Waals surface area contributed by atoms with E-state index in [0.717, 1.165) is 12.1 Å². The molecule has 41 heavy (non-hydrogen) atoms. The number of ether oxygens (including phenoxy) is 1. The smallest absolute Gasteiger partial charge is 0.320 e.